The highest BCUT2D eigenvalue weighted by molar-refractivity contribution is 7.92. The molecule has 1 aromatic carbocycles. The van der Waals surface area contributed by atoms with Gasteiger partial charge in [0.05, 0.1) is 17.9 Å². The maximum Gasteiger partial charge on any atom is 0.364 e. The lowest BCUT2D eigenvalue weighted by molar-refractivity contribution is -0.122. The summed E-state index contributed by atoms with van der Waals surface area (Å²) in [6.45, 7) is 5.03. The van der Waals surface area contributed by atoms with Gasteiger partial charge >= 0.3 is 5.38 Å². The number of carbonyl (C=O) groups excluding carboxylic acids is 1. The predicted molar refractivity (Wildman–Crippen MR) is 130 cm³/mol. The Morgan fingerprint density at radius 2 is 1.91 bits per heavy atom. The Labute approximate surface area is 208 Å². The van der Waals surface area contributed by atoms with Crippen LogP contribution in [0.3, 0.4) is 0 Å². The van der Waals surface area contributed by atoms with E-state index in [2.05, 4.69) is 21.9 Å². The van der Waals surface area contributed by atoms with E-state index in [1.54, 1.807) is 6.92 Å². The number of pyridine rings is 1. The molecule has 192 valence electrons. The van der Waals surface area contributed by atoms with Crippen LogP contribution in [0.25, 0.3) is 0 Å². The quantitative estimate of drug-likeness (QED) is 0.487. The number of amides is 1. The monoisotopic (exact) mass is 532 g/mol. The SMILES string of the molecule is CC1CCN(c2nc(C(F)(F)Cl)ccc2CNC(=O)C(C)c2ccc(NS(C)(=O)=O)c(F)c2)CC1. The Morgan fingerprint density at radius 3 is 2.49 bits per heavy atom. The van der Waals surface area contributed by atoms with Crippen molar-refractivity contribution in [2.24, 2.45) is 5.92 Å². The van der Waals surface area contributed by atoms with Crippen LogP contribution in [0.15, 0.2) is 30.3 Å². The van der Waals surface area contributed by atoms with E-state index in [9.17, 15) is 26.4 Å². The Kier molecular flexibility index (Phi) is 8.21. The number of hydrogen-bond donors (Lipinski definition) is 2. The number of sulfonamides is 1. The maximum absolute atomic E-state index is 14.3. The van der Waals surface area contributed by atoms with Crippen LogP contribution in [-0.2, 0) is 26.7 Å². The van der Waals surface area contributed by atoms with Gasteiger partial charge in [-0.15, -0.1) is 0 Å². The number of nitrogens with zero attached hydrogens (tertiary/aromatic N) is 2. The third kappa shape index (κ3) is 7.23. The molecule has 7 nitrogen and oxygen atoms in total. The summed E-state index contributed by atoms with van der Waals surface area (Å²) in [6.07, 6.45) is 2.69. The number of aromatic nitrogens is 1. The molecular formula is C23H28ClF3N4O3S. The number of halogens is 4. The van der Waals surface area contributed by atoms with Crippen molar-refractivity contribution in [2.45, 2.75) is 44.5 Å². The van der Waals surface area contributed by atoms with Gasteiger partial charge < -0.3 is 10.2 Å². The smallest absolute Gasteiger partial charge is 0.356 e. The molecule has 0 bridgehead atoms. The number of benzene rings is 1. The first-order valence-electron chi connectivity index (χ1n) is 11.1. The van der Waals surface area contributed by atoms with Crippen LogP contribution in [0, 0.1) is 11.7 Å². The van der Waals surface area contributed by atoms with E-state index in [0.717, 1.165) is 31.2 Å². The van der Waals surface area contributed by atoms with Gasteiger partial charge in [-0.1, -0.05) is 19.1 Å². The summed E-state index contributed by atoms with van der Waals surface area (Å²) in [6, 6.07) is 6.41. The fraction of sp³-hybridized carbons (Fsp3) is 0.478. The summed E-state index contributed by atoms with van der Waals surface area (Å²) in [4.78, 5) is 18.8. The molecule has 12 heteroatoms. The van der Waals surface area contributed by atoms with E-state index >= 15 is 0 Å². The van der Waals surface area contributed by atoms with E-state index in [4.69, 9.17) is 11.6 Å². The molecule has 1 aliphatic heterocycles. The minimum Gasteiger partial charge on any atom is -0.356 e. The standard InChI is InChI=1S/C23H28ClF3N4O3S/c1-14-8-10-31(11-9-14)21-17(5-7-20(29-21)23(24,26)27)13-28-22(32)15(2)16-4-6-19(18(25)12-16)30-35(3,33)34/h4-7,12,14-15,30H,8-11,13H2,1-3H3,(H,28,32). The molecule has 1 saturated heterocycles. The zero-order chi connectivity index (χ0) is 26.0. The number of piperidine rings is 1. The second-order valence-electron chi connectivity index (χ2n) is 8.90. The van der Waals surface area contributed by atoms with E-state index in [-0.39, 0.29) is 12.2 Å². The lowest BCUT2D eigenvalue weighted by atomic mass is 9.98. The second kappa shape index (κ2) is 10.6. The van der Waals surface area contributed by atoms with Crippen LogP contribution in [0.2, 0.25) is 0 Å². The van der Waals surface area contributed by atoms with Gasteiger partial charge in [-0.2, -0.15) is 8.78 Å². The molecule has 1 aromatic heterocycles. The number of hydrogen-bond acceptors (Lipinski definition) is 5. The van der Waals surface area contributed by atoms with Gasteiger partial charge in [0, 0.05) is 25.2 Å². The molecule has 2 heterocycles. The van der Waals surface area contributed by atoms with Crippen LogP contribution in [0.5, 0.6) is 0 Å². The van der Waals surface area contributed by atoms with Crippen molar-refractivity contribution in [3.05, 3.63) is 53.0 Å². The zero-order valence-electron chi connectivity index (χ0n) is 19.6. The fourth-order valence-corrected chi connectivity index (χ4v) is 4.51. The normalized spacial score (nSPS) is 16.1. The Balaban J connectivity index is 1.75. The Morgan fingerprint density at radius 1 is 1.26 bits per heavy atom. The highest BCUT2D eigenvalue weighted by Crippen LogP contribution is 2.34. The van der Waals surface area contributed by atoms with Crippen molar-refractivity contribution in [3.8, 4) is 0 Å². The zero-order valence-corrected chi connectivity index (χ0v) is 21.2. The summed E-state index contributed by atoms with van der Waals surface area (Å²) >= 11 is 5.19. The van der Waals surface area contributed by atoms with Crippen LogP contribution >= 0.6 is 11.6 Å². The molecule has 1 amide bonds. The molecule has 1 aliphatic rings. The molecule has 0 aliphatic carbocycles. The first-order chi connectivity index (χ1) is 16.2. The number of nitrogens with one attached hydrogen (secondary N) is 2. The van der Waals surface area contributed by atoms with E-state index in [1.807, 2.05) is 4.90 Å². The van der Waals surface area contributed by atoms with Crippen LogP contribution in [0.4, 0.5) is 24.7 Å². The Hall–Kier alpha value is -2.53. The molecule has 1 unspecified atom stereocenters. The number of rotatable bonds is 8. The van der Waals surface area contributed by atoms with Gasteiger partial charge in [-0.3, -0.25) is 9.52 Å². The summed E-state index contributed by atoms with van der Waals surface area (Å²) < 4.78 is 66.5. The van der Waals surface area contributed by atoms with Gasteiger partial charge in [-0.25, -0.2) is 17.8 Å². The summed E-state index contributed by atoms with van der Waals surface area (Å²) in [5.41, 5.74) is 0.129. The molecular weight excluding hydrogens is 505 g/mol. The maximum atomic E-state index is 14.3. The molecule has 1 atom stereocenters. The Bertz CT molecular complexity index is 1180. The molecule has 2 N–H and O–H groups in total. The van der Waals surface area contributed by atoms with E-state index in [1.165, 1.54) is 18.2 Å². The van der Waals surface area contributed by atoms with Gasteiger partial charge in [-0.05, 0) is 61.0 Å². The lowest BCUT2D eigenvalue weighted by Gasteiger charge is -2.33. The van der Waals surface area contributed by atoms with Crippen molar-refractivity contribution in [1.82, 2.24) is 10.3 Å². The van der Waals surface area contributed by atoms with E-state index < -0.39 is 38.7 Å². The summed E-state index contributed by atoms with van der Waals surface area (Å²) in [7, 11) is -3.65. The summed E-state index contributed by atoms with van der Waals surface area (Å²) in [5.74, 6) is -1.11. The van der Waals surface area contributed by atoms with Crippen molar-refractivity contribution < 1.29 is 26.4 Å². The topological polar surface area (TPSA) is 91.4 Å². The third-order valence-corrected chi connectivity index (χ3v) is 6.75. The average Bonchev–Trinajstić information content (AvgIpc) is 2.77. The molecule has 3 rings (SSSR count). The van der Waals surface area contributed by atoms with Crippen LogP contribution in [0.1, 0.15) is 49.4 Å². The fourth-order valence-electron chi connectivity index (χ4n) is 3.84. The number of alkyl halides is 3. The number of anilines is 2. The van der Waals surface area contributed by atoms with Crippen LogP contribution in [-0.4, -0.2) is 38.7 Å². The van der Waals surface area contributed by atoms with Crippen molar-refractivity contribution in [1.29, 1.82) is 0 Å². The average molecular weight is 533 g/mol. The molecule has 0 spiro atoms. The minimum atomic E-state index is -3.65. The minimum absolute atomic E-state index is 0.0297. The highest BCUT2D eigenvalue weighted by atomic mass is 35.5. The molecule has 2 aromatic rings. The lowest BCUT2D eigenvalue weighted by Crippen LogP contribution is -2.35. The van der Waals surface area contributed by atoms with Crippen molar-refractivity contribution in [2.75, 3.05) is 29.0 Å². The van der Waals surface area contributed by atoms with Crippen molar-refractivity contribution in [3.63, 3.8) is 0 Å². The third-order valence-electron chi connectivity index (χ3n) is 5.96. The van der Waals surface area contributed by atoms with Gasteiger partial charge in [0.1, 0.15) is 17.3 Å². The number of carbonyl (C=O) groups is 1. The first-order valence-corrected chi connectivity index (χ1v) is 13.4. The van der Waals surface area contributed by atoms with E-state index in [0.29, 0.717) is 36.0 Å². The molecule has 1 fully saturated rings. The van der Waals surface area contributed by atoms with Crippen LogP contribution < -0.4 is 14.9 Å². The summed E-state index contributed by atoms with van der Waals surface area (Å²) in [5, 5.41) is -0.859. The second-order valence-corrected chi connectivity index (χ2v) is 11.1. The molecule has 35 heavy (non-hydrogen) atoms. The van der Waals surface area contributed by atoms with Gasteiger partial charge in [0.25, 0.3) is 0 Å². The first kappa shape index (κ1) is 27.1. The predicted octanol–water partition coefficient (Wildman–Crippen LogP) is 4.54. The largest absolute Gasteiger partial charge is 0.364 e. The van der Waals surface area contributed by atoms with Gasteiger partial charge in [0.15, 0.2) is 0 Å². The molecule has 0 saturated carbocycles. The highest BCUT2D eigenvalue weighted by Gasteiger charge is 2.32. The molecule has 0 radical (unpaired) electrons. The van der Waals surface area contributed by atoms with Gasteiger partial charge in [0.2, 0.25) is 15.9 Å². The van der Waals surface area contributed by atoms with Crippen molar-refractivity contribution >= 4 is 39.0 Å².